The number of hydrogen-bond donors (Lipinski definition) is 1. The Hall–Kier alpha value is -2.99. The molecule has 0 aliphatic carbocycles. The van der Waals surface area contributed by atoms with Crippen molar-refractivity contribution in [2.45, 2.75) is 39.2 Å². The first-order valence-corrected chi connectivity index (χ1v) is 11.2. The highest BCUT2D eigenvalue weighted by atomic mass is 35.5. The number of likely N-dealkylation sites (tertiary alicyclic amines) is 1. The summed E-state index contributed by atoms with van der Waals surface area (Å²) in [4.78, 5) is 27.7. The molecule has 1 fully saturated rings. The van der Waals surface area contributed by atoms with Gasteiger partial charge in [-0.05, 0) is 49.2 Å². The molecule has 1 unspecified atom stereocenters. The van der Waals surface area contributed by atoms with Crippen LogP contribution in [-0.2, 0) is 9.59 Å². The number of carbonyl (C=O) groups excluding carboxylic acids is 2. The Kier molecular flexibility index (Phi) is 7.80. The number of halogens is 1. The maximum absolute atomic E-state index is 13.1. The lowest BCUT2D eigenvalue weighted by atomic mass is 9.94. The third-order valence-electron chi connectivity index (χ3n) is 5.44. The number of benzene rings is 2. The molecule has 2 aromatic rings. The molecule has 1 heterocycles. The zero-order valence-electron chi connectivity index (χ0n) is 18.6. The van der Waals surface area contributed by atoms with Crippen molar-refractivity contribution in [1.29, 1.82) is 0 Å². The van der Waals surface area contributed by atoms with Crippen molar-refractivity contribution in [2.75, 3.05) is 20.3 Å². The Morgan fingerprint density at radius 1 is 1.12 bits per heavy atom. The lowest BCUT2D eigenvalue weighted by Crippen LogP contribution is -2.30. The maximum atomic E-state index is 13.1. The van der Waals surface area contributed by atoms with Crippen LogP contribution < -0.4 is 9.47 Å². The maximum Gasteiger partial charge on any atom is 0.295 e. The number of unbranched alkanes of at least 4 members (excludes halogenated alkanes) is 2. The van der Waals surface area contributed by atoms with Gasteiger partial charge in [-0.3, -0.25) is 9.59 Å². The number of ether oxygens (including phenoxy) is 2. The van der Waals surface area contributed by atoms with Crippen LogP contribution in [0.4, 0.5) is 0 Å². The van der Waals surface area contributed by atoms with Crippen LogP contribution in [0.15, 0.2) is 48.0 Å². The van der Waals surface area contributed by atoms with Crippen LogP contribution in [0.5, 0.6) is 11.5 Å². The summed E-state index contributed by atoms with van der Waals surface area (Å²) in [6.45, 7) is 4.85. The minimum Gasteiger partial charge on any atom is -0.507 e. The van der Waals surface area contributed by atoms with Gasteiger partial charge >= 0.3 is 0 Å². The second-order valence-corrected chi connectivity index (χ2v) is 7.99. The van der Waals surface area contributed by atoms with Crippen molar-refractivity contribution in [3.8, 4) is 11.5 Å². The van der Waals surface area contributed by atoms with E-state index in [2.05, 4.69) is 6.92 Å². The molecule has 0 aromatic heterocycles. The Bertz CT molecular complexity index is 1030. The molecule has 6 nitrogen and oxygen atoms in total. The molecule has 1 atom stereocenters. The third-order valence-corrected chi connectivity index (χ3v) is 5.68. The normalized spacial score (nSPS) is 17.6. The molecule has 0 bridgehead atoms. The fourth-order valence-electron chi connectivity index (χ4n) is 3.94. The van der Waals surface area contributed by atoms with E-state index in [9.17, 15) is 14.7 Å². The second kappa shape index (κ2) is 10.6. The summed E-state index contributed by atoms with van der Waals surface area (Å²) in [6, 6.07) is 11.3. The van der Waals surface area contributed by atoms with Gasteiger partial charge in [-0.15, -0.1) is 0 Å². The second-order valence-electron chi connectivity index (χ2n) is 7.55. The summed E-state index contributed by atoms with van der Waals surface area (Å²) in [5, 5.41) is 11.6. The summed E-state index contributed by atoms with van der Waals surface area (Å²) in [7, 11) is 1.46. The lowest BCUT2D eigenvalue weighted by Gasteiger charge is -2.26. The average Bonchev–Trinajstić information content (AvgIpc) is 3.04. The molecule has 1 aliphatic rings. The molecular formula is C25H28ClNO5. The molecule has 0 radical (unpaired) electrons. The molecule has 7 heteroatoms. The number of hydrogen-bond acceptors (Lipinski definition) is 5. The van der Waals surface area contributed by atoms with Crippen molar-refractivity contribution in [3.63, 3.8) is 0 Å². The van der Waals surface area contributed by atoms with Gasteiger partial charge in [0.1, 0.15) is 17.3 Å². The molecule has 3 rings (SSSR count). The lowest BCUT2D eigenvalue weighted by molar-refractivity contribution is -0.139. The van der Waals surface area contributed by atoms with Gasteiger partial charge in [0.05, 0.1) is 30.9 Å². The van der Waals surface area contributed by atoms with Crippen LogP contribution in [0.1, 0.15) is 50.3 Å². The number of amides is 1. The molecule has 1 aliphatic heterocycles. The van der Waals surface area contributed by atoms with Crippen LogP contribution in [-0.4, -0.2) is 42.0 Å². The SMILES string of the molecule is CCCCCN1C(=O)C(=O)/C(=C(/O)c2cc(Cl)ccc2OC)C1c1cccc(OCC)c1. The summed E-state index contributed by atoms with van der Waals surface area (Å²) in [5.41, 5.74) is 0.965. The Labute approximate surface area is 193 Å². The number of ketones is 1. The molecule has 1 amide bonds. The molecule has 0 spiro atoms. The monoisotopic (exact) mass is 457 g/mol. The number of Topliss-reactive ketones (excluding diaryl/α,β-unsaturated/α-hetero) is 1. The van der Waals surface area contributed by atoms with Gasteiger partial charge in [-0.1, -0.05) is 43.5 Å². The molecule has 32 heavy (non-hydrogen) atoms. The molecule has 170 valence electrons. The molecule has 1 saturated heterocycles. The van der Waals surface area contributed by atoms with Crippen molar-refractivity contribution in [2.24, 2.45) is 0 Å². The van der Waals surface area contributed by atoms with Gasteiger partial charge < -0.3 is 19.5 Å². The Balaban J connectivity index is 2.19. The van der Waals surface area contributed by atoms with Gasteiger partial charge in [0.15, 0.2) is 0 Å². The van der Waals surface area contributed by atoms with E-state index in [-0.39, 0.29) is 16.9 Å². The minimum atomic E-state index is -0.740. The first kappa shape index (κ1) is 23.7. The largest absolute Gasteiger partial charge is 0.507 e. The first-order chi connectivity index (χ1) is 15.4. The van der Waals surface area contributed by atoms with E-state index in [4.69, 9.17) is 21.1 Å². The minimum absolute atomic E-state index is 0.0145. The molecule has 1 N–H and O–H groups in total. The van der Waals surface area contributed by atoms with Gasteiger partial charge in [-0.2, -0.15) is 0 Å². The zero-order valence-corrected chi connectivity index (χ0v) is 19.3. The van der Waals surface area contributed by atoms with E-state index >= 15 is 0 Å². The van der Waals surface area contributed by atoms with Gasteiger partial charge in [0.2, 0.25) is 0 Å². The van der Waals surface area contributed by atoms with E-state index < -0.39 is 17.7 Å². The summed E-state index contributed by atoms with van der Waals surface area (Å²) in [6.07, 6.45) is 2.66. The van der Waals surface area contributed by atoms with Gasteiger partial charge in [0, 0.05) is 11.6 Å². The van der Waals surface area contributed by atoms with Crippen LogP contribution >= 0.6 is 11.6 Å². The summed E-state index contributed by atoms with van der Waals surface area (Å²) >= 11 is 6.14. The highest BCUT2D eigenvalue weighted by Gasteiger charge is 2.46. The quantitative estimate of drug-likeness (QED) is 0.237. The fraction of sp³-hybridized carbons (Fsp3) is 0.360. The third kappa shape index (κ3) is 4.75. The van der Waals surface area contributed by atoms with E-state index in [0.29, 0.717) is 35.2 Å². The number of carbonyl (C=O) groups is 2. The predicted molar refractivity (Wildman–Crippen MR) is 124 cm³/mol. The van der Waals surface area contributed by atoms with Crippen molar-refractivity contribution < 1.29 is 24.2 Å². The smallest absolute Gasteiger partial charge is 0.295 e. The van der Waals surface area contributed by atoms with Crippen molar-refractivity contribution >= 4 is 29.1 Å². The molecule has 0 saturated carbocycles. The molecular weight excluding hydrogens is 430 g/mol. The first-order valence-electron chi connectivity index (χ1n) is 10.8. The van der Waals surface area contributed by atoms with E-state index in [1.54, 1.807) is 18.2 Å². The van der Waals surface area contributed by atoms with E-state index in [0.717, 1.165) is 19.3 Å². The summed E-state index contributed by atoms with van der Waals surface area (Å²) < 4.78 is 11.0. The van der Waals surface area contributed by atoms with Crippen LogP contribution in [0.3, 0.4) is 0 Å². The highest BCUT2D eigenvalue weighted by molar-refractivity contribution is 6.46. The highest BCUT2D eigenvalue weighted by Crippen LogP contribution is 2.42. The van der Waals surface area contributed by atoms with Gasteiger partial charge in [0.25, 0.3) is 11.7 Å². The molecule has 2 aromatic carbocycles. The van der Waals surface area contributed by atoms with Crippen LogP contribution in [0.2, 0.25) is 5.02 Å². The van der Waals surface area contributed by atoms with Gasteiger partial charge in [-0.25, -0.2) is 0 Å². The van der Waals surface area contributed by atoms with E-state index in [1.807, 2.05) is 25.1 Å². The van der Waals surface area contributed by atoms with E-state index in [1.165, 1.54) is 18.1 Å². The zero-order chi connectivity index (χ0) is 23.3. The average molecular weight is 458 g/mol. The number of nitrogens with zero attached hydrogens (tertiary/aromatic N) is 1. The topological polar surface area (TPSA) is 76.1 Å². The van der Waals surface area contributed by atoms with Crippen LogP contribution in [0, 0.1) is 0 Å². The number of aliphatic hydroxyl groups excluding tert-OH is 1. The number of methoxy groups -OCH3 is 1. The Morgan fingerprint density at radius 2 is 1.91 bits per heavy atom. The number of rotatable bonds is 9. The Morgan fingerprint density at radius 3 is 2.59 bits per heavy atom. The van der Waals surface area contributed by atoms with Crippen molar-refractivity contribution in [3.05, 3.63) is 64.2 Å². The number of aliphatic hydroxyl groups is 1. The standard InChI is InChI=1S/C25H28ClNO5/c1-4-6-7-13-27-22(16-9-8-10-18(14-16)32-5-2)21(24(29)25(27)30)23(28)19-15-17(26)11-12-20(19)31-3/h8-12,14-15,22,28H,4-7,13H2,1-3H3/b23-21+. The summed E-state index contributed by atoms with van der Waals surface area (Å²) in [5.74, 6) is -0.689. The van der Waals surface area contributed by atoms with Crippen molar-refractivity contribution in [1.82, 2.24) is 4.90 Å². The fourth-order valence-corrected chi connectivity index (χ4v) is 4.11. The van der Waals surface area contributed by atoms with Crippen LogP contribution in [0.25, 0.3) is 5.76 Å². The predicted octanol–water partition coefficient (Wildman–Crippen LogP) is 5.36.